The summed E-state index contributed by atoms with van der Waals surface area (Å²) in [7, 11) is 4.78. The third-order valence-electron chi connectivity index (χ3n) is 3.90. The van der Waals surface area contributed by atoms with Crippen molar-refractivity contribution in [3.8, 4) is 5.75 Å². The summed E-state index contributed by atoms with van der Waals surface area (Å²) in [5.41, 5.74) is 1.07. The number of nitrogens with zero attached hydrogens (tertiary/aromatic N) is 1. The van der Waals surface area contributed by atoms with E-state index in [1.807, 2.05) is 24.1 Å². The molecule has 2 aromatic rings. The molecule has 1 aromatic carbocycles. The number of nitrogens with one attached hydrogen (secondary N) is 1. The molecule has 2 rings (SSSR count). The number of para-hydroxylation sites is 2. The summed E-state index contributed by atoms with van der Waals surface area (Å²) in [5, 5.41) is 2.84. The van der Waals surface area contributed by atoms with Gasteiger partial charge in [-0.3, -0.25) is 9.69 Å². The molecule has 0 aliphatic carbocycles. The van der Waals surface area contributed by atoms with Crippen molar-refractivity contribution >= 4 is 17.6 Å². The Bertz CT molecular complexity index is 769. The number of hydrogen-bond acceptors (Lipinski definition) is 6. The van der Waals surface area contributed by atoms with Crippen LogP contribution in [0.2, 0.25) is 0 Å². The van der Waals surface area contributed by atoms with Crippen LogP contribution < -0.4 is 10.1 Å². The molecule has 1 N–H and O–H groups in total. The van der Waals surface area contributed by atoms with Crippen molar-refractivity contribution in [2.45, 2.75) is 19.9 Å². The lowest BCUT2D eigenvalue weighted by Gasteiger charge is -2.15. The van der Waals surface area contributed by atoms with Gasteiger partial charge in [0.05, 0.1) is 26.5 Å². The molecule has 1 heterocycles. The predicted octanol–water partition coefficient (Wildman–Crippen LogP) is 2.84. The number of rotatable bonds is 8. The quantitative estimate of drug-likeness (QED) is 0.729. The van der Waals surface area contributed by atoms with Gasteiger partial charge in [-0.25, -0.2) is 4.79 Å². The van der Waals surface area contributed by atoms with Gasteiger partial charge in [-0.05, 0) is 32.2 Å². The maximum absolute atomic E-state index is 12.1. The Hall–Kier alpha value is -2.80. The number of benzene rings is 1. The molecule has 0 saturated carbocycles. The molecule has 26 heavy (non-hydrogen) atoms. The molecular weight excluding hydrogens is 336 g/mol. The minimum Gasteiger partial charge on any atom is -0.495 e. The van der Waals surface area contributed by atoms with E-state index in [1.54, 1.807) is 32.2 Å². The Labute approximate surface area is 152 Å². The Kier molecular flexibility index (Phi) is 6.80. The van der Waals surface area contributed by atoms with Crippen LogP contribution in [0.4, 0.5) is 5.69 Å². The molecule has 0 fully saturated rings. The van der Waals surface area contributed by atoms with E-state index in [-0.39, 0.29) is 5.91 Å². The minimum absolute atomic E-state index is 0.104. The van der Waals surface area contributed by atoms with Crippen LogP contribution in [0.1, 0.15) is 28.3 Å². The van der Waals surface area contributed by atoms with Crippen LogP contribution in [0.3, 0.4) is 0 Å². The summed E-state index contributed by atoms with van der Waals surface area (Å²) in [6.07, 6.45) is 0.318. The van der Waals surface area contributed by atoms with Crippen molar-refractivity contribution < 1.29 is 23.5 Å². The number of methoxy groups -OCH3 is 2. The van der Waals surface area contributed by atoms with Crippen molar-refractivity contribution in [1.82, 2.24) is 4.90 Å². The number of esters is 1. The number of ether oxygens (including phenoxy) is 2. The van der Waals surface area contributed by atoms with Crippen molar-refractivity contribution in [2.24, 2.45) is 0 Å². The van der Waals surface area contributed by atoms with Gasteiger partial charge in [-0.15, -0.1) is 0 Å². The molecule has 0 saturated heterocycles. The van der Waals surface area contributed by atoms with Crippen LogP contribution in [0, 0.1) is 6.92 Å². The molecule has 7 nitrogen and oxygen atoms in total. The van der Waals surface area contributed by atoms with E-state index in [0.29, 0.717) is 48.0 Å². The lowest BCUT2D eigenvalue weighted by atomic mass is 10.2. The van der Waals surface area contributed by atoms with E-state index in [4.69, 9.17) is 13.9 Å². The number of furan rings is 1. The van der Waals surface area contributed by atoms with Crippen LogP contribution in [0.5, 0.6) is 5.75 Å². The number of anilines is 1. The summed E-state index contributed by atoms with van der Waals surface area (Å²) in [5.74, 6) is 1.27. The number of hydrogen-bond donors (Lipinski definition) is 1. The van der Waals surface area contributed by atoms with Crippen molar-refractivity contribution in [3.05, 3.63) is 47.4 Å². The first-order valence-corrected chi connectivity index (χ1v) is 8.23. The molecule has 0 spiro atoms. The van der Waals surface area contributed by atoms with Crippen LogP contribution in [0.15, 0.2) is 34.7 Å². The normalized spacial score (nSPS) is 10.7. The Morgan fingerprint density at radius 2 is 1.96 bits per heavy atom. The Morgan fingerprint density at radius 3 is 2.65 bits per heavy atom. The Morgan fingerprint density at radius 1 is 1.23 bits per heavy atom. The van der Waals surface area contributed by atoms with E-state index in [0.717, 1.165) is 0 Å². The molecule has 1 aromatic heterocycles. The molecule has 0 radical (unpaired) electrons. The van der Waals surface area contributed by atoms with Gasteiger partial charge in [-0.2, -0.15) is 0 Å². The summed E-state index contributed by atoms with van der Waals surface area (Å²) >= 11 is 0. The van der Waals surface area contributed by atoms with Gasteiger partial charge in [0.15, 0.2) is 0 Å². The van der Waals surface area contributed by atoms with Crippen molar-refractivity contribution in [3.63, 3.8) is 0 Å². The molecule has 0 aliphatic rings. The van der Waals surface area contributed by atoms with Crippen molar-refractivity contribution in [1.29, 1.82) is 0 Å². The predicted molar refractivity (Wildman–Crippen MR) is 97.4 cm³/mol. The SMILES string of the molecule is COC(=O)c1cc(CN(C)CCC(=O)Nc2ccccc2OC)oc1C. The monoisotopic (exact) mass is 360 g/mol. The fourth-order valence-corrected chi connectivity index (χ4v) is 2.53. The zero-order valence-electron chi connectivity index (χ0n) is 15.5. The maximum Gasteiger partial charge on any atom is 0.341 e. The molecule has 7 heteroatoms. The average molecular weight is 360 g/mol. The number of amides is 1. The van der Waals surface area contributed by atoms with Gasteiger partial charge >= 0.3 is 5.97 Å². The van der Waals surface area contributed by atoms with Gasteiger partial charge in [0.1, 0.15) is 22.8 Å². The smallest absolute Gasteiger partial charge is 0.341 e. The van der Waals surface area contributed by atoms with E-state index in [9.17, 15) is 9.59 Å². The number of carbonyl (C=O) groups is 2. The van der Waals surface area contributed by atoms with Gasteiger partial charge in [0.25, 0.3) is 0 Å². The highest BCUT2D eigenvalue weighted by molar-refractivity contribution is 5.92. The summed E-state index contributed by atoms with van der Waals surface area (Å²) in [6.45, 7) is 2.74. The first-order chi connectivity index (χ1) is 12.4. The summed E-state index contributed by atoms with van der Waals surface area (Å²) in [6, 6.07) is 8.94. The van der Waals surface area contributed by atoms with Gasteiger partial charge < -0.3 is 19.2 Å². The lowest BCUT2D eigenvalue weighted by Crippen LogP contribution is -2.24. The van der Waals surface area contributed by atoms with Crippen LogP contribution >= 0.6 is 0 Å². The van der Waals surface area contributed by atoms with Gasteiger partial charge in [0.2, 0.25) is 5.91 Å². The van der Waals surface area contributed by atoms with Crippen LogP contribution in [0.25, 0.3) is 0 Å². The zero-order valence-corrected chi connectivity index (χ0v) is 15.5. The molecule has 0 unspecified atom stereocenters. The summed E-state index contributed by atoms with van der Waals surface area (Å²) in [4.78, 5) is 25.7. The van der Waals surface area contributed by atoms with E-state index >= 15 is 0 Å². The molecule has 0 bridgehead atoms. The third kappa shape index (κ3) is 5.10. The second-order valence-electron chi connectivity index (χ2n) is 5.91. The largest absolute Gasteiger partial charge is 0.495 e. The second kappa shape index (κ2) is 9.05. The average Bonchev–Trinajstić information content (AvgIpc) is 3.00. The third-order valence-corrected chi connectivity index (χ3v) is 3.90. The second-order valence-corrected chi connectivity index (χ2v) is 5.91. The fraction of sp³-hybridized carbons (Fsp3) is 0.368. The molecule has 140 valence electrons. The standard InChI is InChI=1S/C19H24N2O5/c1-13-15(19(23)25-4)11-14(26-13)12-21(2)10-9-18(22)20-16-7-5-6-8-17(16)24-3/h5-8,11H,9-10,12H2,1-4H3,(H,20,22). The minimum atomic E-state index is -0.420. The summed E-state index contributed by atoms with van der Waals surface area (Å²) < 4.78 is 15.5. The van der Waals surface area contributed by atoms with Crippen molar-refractivity contribution in [2.75, 3.05) is 33.1 Å². The zero-order chi connectivity index (χ0) is 19.1. The van der Waals surface area contributed by atoms with E-state index in [2.05, 4.69) is 5.32 Å². The molecular formula is C19H24N2O5. The maximum atomic E-state index is 12.1. The fourth-order valence-electron chi connectivity index (χ4n) is 2.53. The Balaban J connectivity index is 1.85. The highest BCUT2D eigenvalue weighted by Crippen LogP contribution is 2.23. The highest BCUT2D eigenvalue weighted by Gasteiger charge is 2.16. The first-order valence-electron chi connectivity index (χ1n) is 8.23. The topological polar surface area (TPSA) is 81.0 Å². The number of carbonyl (C=O) groups excluding carboxylic acids is 2. The van der Waals surface area contributed by atoms with Gasteiger partial charge in [0, 0.05) is 13.0 Å². The highest BCUT2D eigenvalue weighted by atomic mass is 16.5. The molecule has 0 aliphatic heterocycles. The van der Waals surface area contributed by atoms with Gasteiger partial charge in [-0.1, -0.05) is 12.1 Å². The van der Waals surface area contributed by atoms with Crippen LogP contribution in [-0.4, -0.2) is 44.6 Å². The lowest BCUT2D eigenvalue weighted by molar-refractivity contribution is -0.116. The van der Waals surface area contributed by atoms with E-state index in [1.165, 1.54) is 7.11 Å². The number of aryl methyl sites for hydroxylation is 1. The molecule has 0 atom stereocenters. The van der Waals surface area contributed by atoms with E-state index < -0.39 is 5.97 Å². The molecule has 1 amide bonds. The van der Waals surface area contributed by atoms with Crippen LogP contribution in [-0.2, 0) is 16.1 Å². The first kappa shape index (κ1) is 19.5.